The van der Waals surface area contributed by atoms with Gasteiger partial charge in [-0.05, 0) is 26.0 Å². The molecule has 0 fully saturated rings. The van der Waals surface area contributed by atoms with E-state index in [0.717, 1.165) is 22.4 Å². The number of aromatic nitrogens is 2. The van der Waals surface area contributed by atoms with Crippen LogP contribution in [-0.2, 0) is 13.7 Å². The minimum absolute atomic E-state index is 0.455. The molecule has 96 valence electrons. The minimum Gasteiger partial charge on any atom is -0.488 e. The van der Waals surface area contributed by atoms with E-state index in [-0.39, 0.29) is 0 Å². The molecule has 1 N–H and O–H groups in total. The van der Waals surface area contributed by atoms with E-state index in [1.54, 1.807) is 17.8 Å². The Kier molecular flexibility index (Phi) is 3.67. The third kappa shape index (κ3) is 2.90. The van der Waals surface area contributed by atoms with E-state index < -0.39 is 6.10 Å². The number of aliphatic hydroxyl groups excluding tert-OH is 1. The van der Waals surface area contributed by atoms with Crippen LogP contribution in [0.4, 0.5) is 0 Å². The fourth-order valence-corrected chi connectivity index (χ4v) is 1.83. The van der Waals surface area contributed by atoms with E-state index in [1.807, 2.05) is 38.4 Å². The van der Waals surface area contributed by atoms with Crippen LogP contribution in [0.1, 0.15) is 29.7 Å². The van der Waals surface area contributed by atoms with Crippen molar-refractivity contribution in [1.82, 2.24) is 9.78 Å². The van der Waals surface area contributed by atoms with Crippen molar-refractivity contribution < 1.29 is 9.84 Å². The van der Waals surface area contributed by atoms with Crippen LogP contribution in [0.2, 0.25) is 0 Å². The molecule has 1 unspecified atom stereocenters. The zero-order valence-electron chi connectivity index (χ0n) is 10.9. The Morgan fingerprint density at radius 2 is 2.22 bits per heavy atom. The number of benzene rings is 1. The maximum Gasteiger partial charge on any atom is 0.125 e. The first-order valence-corrected chi connectivity index (χ1v) is 5.95. The number of nitrogens with zero attached hydrogens (tertiary/aromatic N) is 2. The maximum atomic E-state index is 9.73. The standard InChI is InChI=1S/C14H18N2O2/c1-10-4-5-14(13(6-10)11(2)17)18-9-12-7-15-16(3)8-12/h4-8,11,17H,9H2,1-3H3. The highest BCUT2D eigenvalue weighted by atomic mass is 16.5. The summed E-state index contributed by atoms with van der Waals surface area (Å²) in [5.41, 5.74) is 2.94. The molecule has 0 saturated heterocycles. The van der Waals surface area contributed by atoms with Crippen molar-refractivity contribution in [3.8, 4) is 5.75 Å². The zero-order chi connectivity index (χ0) is 13.1. The fraction of sp³-hybridized carbons (Fsp3) is 0.357. The van der Waals surface area contributed by atoms with Crippen LogP contribution in [0.25, 0.3) is 0 Å². The van der Waals surface area contributed by atoms with Crippen LogP contribution in [0, 0.1) is 6.92 Å². The Labute approximate surface area is 107 Å². The molecule has 0 amide bonds. The van der Waals surface area contributed by atoms with Crippen molar-refractivity contribution in [3.05, 3.63) is 47.3 Å². The summed E-state index contributed by atoms with van der Waals surface area (Å²) in [4.78, 5) is 0. The Hall–Kier alpha value is -1.81. The molecule has 0 saturated carbocycles. The molecule has 18 heavy (non-hydrogen) atoms. The van der Waals surface area contributed by atoms with E-state index >= 15 is 0 Å². The van der Waals surface area contributed by atoms with Crippen molar-refractivity contribution >= 4 is 0 Å². The van der Waals surface area contributed by atoms with Crippen LogP contribution in [0.3, 0.4) is 0 Å². The van der Waals surface area contributed by atoms with Crippen LogP contribution in [0.5, 0.6) is 5.75 Å². The second-order valence-electron chi connectivity index (χ2n) is 4.53. The van der Waals surface area contributed by atoms with Gasteiger partial charge in [0.25, 0.3) is 0 Å². The summed E-state index contributed by atoms with van der Waals surface area (Å²) in [6.45, 7) is 4.19. The molecule has 4 heteroatoms. The Morgan fingerprint density at radius 3 is 2.83 bits per heavy atom. The van der Waals surface area contributed by atoms with E-state index in [0.29, 0.717) is 6.61 Å². The lowest BCUT2D eigenvalue weighted by molar-refractivity contribution is 0.190. The molecule has 2 aromatic rings. The molecular weight excluding hydrogens is 228 g/mol. The highest BCUT2D eigenvalue weighted by Gasteiger charge is 2.09. The van der Waals surface area contributed by atoms with Gasteiger partial charge in [0.05, 0.1) is 12.3 Å². The molecule has 0 bridgehead atoms. The average molecular weight is 246 g/mol. The monoisotopic (exact) mass is 246 g/mol. The summed E-state index contributed by atoms with van der Waals surface area (Å²) >= 11 is 0. The first-order valence-electron chi connectivity index (χ1n) is 5.95. The number of hydrogen-bond acceptors (Lipinski definition) is 3. The molecule has 0 aliphatic carbocycles. The highest BCUT2D eigenvalue weighted by Crippen LogP contribution is 2.26. The third-order valence-electron chi connectivity index (χ3n) is 2.77. The summed E-state index contributed by atoms with van der Waals surface area (Å²) in [7, 11) is 1.87. The van der Waals surface area contributed by atoms with E-state index in [4.69, 9.17) is 4.74 Å². The van der Waals surface area contributed by atoms with Gasteiger partial charge in [-0.2, -0.15) is 5.10 Å². The Balaban J connectivity index is 2.13. The lowest BCUT2D eigenvalue weighted by Crippen LogP contribution is -2.01. The van der Waals surface area contributed by atoms with Gasteiger partial charge in [0, 0.05) is 24.4 Å². The summed E-state index contributed by atoms with van der Waals surface area (Å²) in [6, 6.07) is 5.82. The van der Waals surface area contributed by atoms with E-state index in [2.05, 4.69) is 5.10 Å². The molecule has 0 spiro atoms. The summed E-state index contributed by atoms with van der Waals surface area (Å²) in [6.07, 6.45) is 3.15. The van der Waals surface area contributed by atoms with Crippen LogP contribution < -0.4 is 4.74 Å². The molecule has 1 aromatic heterocycles. The Bertz CT molecular complexity index is 532. The normalized spacial score (nSPS) is 12.4. The van der Waals surface area contributed by atoms with Crippen molar-refractivity contribution in [2.45, 2.75) is 26.6 Å². The Morgan fingerprint density at radius 1 is 1.44 bits per heavy atom. The van der Waals surface area contributed by atoms with Crippen molar-refractivity contribution in [2.24, 2.45) is 7.05 Å². The van der Waals surface area contributed by atoms with Gasteiger partial charge in [-0.15, -0.1) is 0 Å². The molecule has 1 aromatic carbocycles. The molecule has 1 atom stereocenters. The topological polar surface area (TPSA) is 47.3 Å². The molecule has 4 nitrogen and oxygen atoms in total. The molecular formula is C14H18N2O2. The van der Waals surface area contributed by atoms with Gasteiger partial charge in [-0.1, -0.05) is 11.6 Å². The van der Waals surface area contributed by atoms with E-state index in [9.17, 15) is 5.11 Å². The first-order chi connectivity index (χ1) is 8.56. The number of ether oxygens (including phenoxy) is 1. The maximum absolute atomic E-state index is 9.73. The van der Waals surface area contributed by atoms with E-state index in [1.165, 1.54) is 0 Å². The molecule has 2 rings (SSSR count). The number of aliphatic hydroxyl groups is 1. The summed E-state index contributed by atoms with van der Waals surface area (Å²) in [5, 5.41) is 13.8. The van der Waals surface area contributed by atoms with Crippen molar-refractivity contribution in [3.63, 3.8) is 0 Å². The lowest BCUT2D eigenvalue weighted by Gasteiger charge is -2.13. The largest absolute Gasteiger partial charge is 0.488 e. The van der Waals surface area contributed by atoms with Gasteiger partial charge in [0.1, 0.15) is 12.4 Å². The highest BCUT2D eigenvalue weighted by molar-refractivity contribution is 5.38. The third-order valence-corrected chi connectivity index (χ3v) is 2.77. The first kappa shape index (κ1) is 12.6. The van der Waals surface area contributed by atoms with Gasteiger partial charge < -0.3 is 9.84 Å². The zero-order valence-corrected chi connectivity index (χ0v) is 10.9. The number of hydrogen-bond donors (Lipinski definition) is 1. The van der Waals surface area contributed by atoms with Gasteiger partial charge in [0.15, 0.2) is 0 Å². The SMILES string of the molecule is Cc1ccc(OCc2cnn(C)c2)c(C(C)O)c1. The number of aryl methyl sites for hydroxylation is 2. The lowest BCUT2D eigenvalue weighted by atomic mass is 10.1. The predicted molar refractivity (Wildman–Crippen MR) is 69.4 cm³/mol. The van der Waals surface area contributed by atoms with Crippen LogP contribution in [-0.4, -0.2) is 14.9 Å². The second kappa shape index (κ2) is 5.23. The molecule has 0 radical (unpaired) electrons. The van der Waals surface area contributed by atoms with Crippen LogP contribution in [0.15, 0.2) is 30.6 Å². The quantitative estimate of drug-likeness (QED) is 0.900. The summed E-state index contributed by atoms with van der Waals surface area (Å²) < 4.78 is 7.48. The smallest absolute Gasteiger partial charge is 0.125 e. The van der Waals surface area contributed by atoms with Gasteiger partial charge in [-0.25, -0.2) is 0 Å². The van der Waals surface area contributed by atoms with Crippen molar-refractivity contribution in [1.29, 1.82) is 0 Å². The molecule has 0 aliphatic heterocycles. The summed E-state index contributed by atoms with van der Waals surface area (Å²) in [5.74, 6) is 0.722. The minimum atomic E-state index is -0.534. The number of rotatable bonds is 4. The fourth-order valence-electron chi connectivity index (χ4n) is 1.83. The molecule has 0 aliphatic rings. The van der Waals surface area contributed by atoms with Gasteiger partial charge in [-0.3, -0.25) is 4.68 Å². The van der Waals surface area contributed by atoms with Crippen LogP contribution >= 0.6 is 0 Å². The van der Waals surface area contributed by atoms with Crippen molar-refractivity contribution in [2.75, 3.05) is 0 Å². The van der Waals surface area contributed by atoms with Gasteiger partial charge in [0.2, 0.25) is 0 Å². The average Bonchev–Trinajstić information content (AvgIpc) is 2.73. The van der Waals surface area contributed by atoms with Gasteiger partial charge >= 0.3 is 0 Å². The predicted octanol–water partition coefficient (Wildman–Crippen LogP) is 2.36. The molecule has 1 heterocycles. The second-order valence-corrected chi connectivity index (χ2v) is 4.53.